The van der Waals surface area contributed by atoms with Crippen LogP contribution in [0, 0.1) is 12.8 Å². The Kier molecular flexibility index (Phi) is 7.29. The normalized spacial score (nSPS) is 19.6. The summed E-state index contributed by atoms with van der Waals surface area (Å²) in [7, 11) is -1.09. The number of aryl methyl sites for hydroxylation is 1. The number of ether oxygens (including phenoxy) is 1. The summed E-state index contributed by atoms with van der Waals surface area (Å²) in [6.45, 7) is 1.95. The van der Waals surface area contributed by atoms with Crippen molar-refractivity contribution in [2.75, 3.05) is 13.4 Å². The maximum atomic E-state index is 13.5. The summed E-state index contributed by atoms with van der Waals surface area (Å²) in [5.41, 5.74) is 2.53. The summed E-state index contributed by atoms with van der Waals surface area (Å²) >= 11 is 7.90. The molecule has 2 unspecified atom stereocenters. The monoisotopic (exact) mass is 564 g/mol. The Bertz CT molecular complexity index is 1060. The van der Waals surface area contributed by atoms with Gasteiger partial charge in [0.2, 0.25) is 11.8 Å². The molecule has 9 heteroatoms. The topological polar surface area (TPSA) is 77.4 Å². The van der Waals surface area contributed by atoms with E-state index in [2.05, 4.69) is 4.72 Å². The molecule has 1 aliphatic rings. The van der Waals surface area contributed by atoms with E-state index in [9.17, 15) is 13.8 Å². The lowest BCUT2D eigenvalue weighted by atomic mass is 9.94. The minimum absolute atomic E-state index is 0.0245. The molecule has 30 heavy (non-hydrogen) atoms. The van der Waals surface area contributed by atoms with Gasteiger partial charge in [0.25, 0.3) is 0 Å². The second-order valence-electron chi connectivity index (χ2n) is 7.57. The van der Waals surface area contributed by atoms with E-state index in [1.165, 1.54) is 6.26 Å². The van der Waals surface area contributed by atoms with Gasteiger partial charge in [0.1, 0.15) is 5.75 Å². The Balaban J connectivity index is 2.01. The van der Waals surface area contributed by atoms with Crippen molar-refractivity contribution in [3.05, 3.63) is 41.6 Å². The van der Waals surface area contributed by atoms with E-state index in [-0.39, 0.29) is 29.5 Å². The van der Waals surface area contributed by atoms with Crippen molar-refractivity contribution in [2.45, 2.75) is 38.0 Å². The van der Waals surface area contributed by atoms with Crippen molar-refractivity contribution < 1.29 is 18.5 Å². The van der Waals surface area contributed by atoms with Crippen LogP contribution in [0.4, 0.5) is 0 Å². The molecule has 1 heterocycles. The van der Waals surface area contributed by atoms with E-state index < -0.39 is 7.29 Å². The highest BCUT2D eigenvalue weighted by Gasteiger charge is 2.27. The molecule has 164 valence electrons. The van der Waals surface area contributed by atoms with Crippen LogP contribution in [0.1, 0.15) is 35.3 Å². The van der Waals surface area contributed by atoms with Gasteiger partial charge in [-0.25, -0.2) is 0 Å². The first-order valence-corrected chi connectivity index (χ1v) is 15.1. The molecular formula is C21H26ClIN2O4S. The highest BCUT2D eigenvalue weighted by atomic mass is 127. The molecule has 0 aliphatic heterocycles. The zero-order valence-electron chi connectivity index (χ0n) is 17.2. The van der Waals surface area contributed by atoms with Crippen molar-refractivity contribution in [3.63, 3.8) is 0 Å². The van der Waals surface area contributed by atoms with Gasteiger partial charge in [0.15, 0.2) is 0 Å². The van der Waals surface area contributed by atoms with E-state index in [4.69, 9.17) is 16.3 Å². The minimum atomic E-state index is -2.69. The number of benzene rings is 1. The van der Waals surface area contributed by atoms with Crippen molar-refractivity contribution in [1.29, 1.82) is 0 Å². The molecule has 6 nitrogen and oxygen atoms in total. The first kappa shape index (κ1) is 23.3. The number of aromatic nitrogens is 1. The average molecular weight is 565 g/mol. The van der Waals surface area contributed by atoms with Crippen molar-refractivity contribution in [2.24, 2.45) is 5.92 Å². The van der Waals surface area contributed by atoms with Crippen molar-refractivity contribution >= 4 is 62.8 Å². The fourth-order valence-corrected chi connectivity index (χ4v) is 5.40. The lowest BCUT2D eigenvalue weighted by Crippen LogP contribution is -2.31. The number of carbonyl (C=O) groups is 2. The molecule has 1 amide bonds. The zero-order chi connectivity index (χ0) is 22.1. The second-order valence-corrected chi connectivity index (χ2v) is 15.5. The molecule has 0 bridgehead atoms. The minimum Gasteiger partial charge on any atom is -0.497 e. The Hall–Kier alpha value is -1.39. The summed E-state index contributed by atoms with van der Waals surface area (Å²) in [5, 5.41) is 0.880. The van der Waals surface area contributed by atoms with Gasteiger partial charge in [0, 0.05) is 52.3 Å². The largest absolute Gasteiger partial charge is 0.497 e. The number of carbonyl (C=O) groups excluding carboxylic acids is 2. The molecule has 1 aromatic carbocycles. The Morgan fingerprint density at radius 3 is 2.67 bits per heavy atom. The van der Waals surface area contributed by atoms with Gasteiger partial charge in [-0.3, -0.25) is 23.1 Å². The van der Waals surface area contributed by atoms with Crippen LogP contribution in [0.25, 0.3) is 10.9 Å². The third-order valence-electron chi connectivity index (χ3n) is 5.31. The van der Waals surface area contributed by atoms with Crippen LogP contribution in [-0.4, -0.2) is 39.3 Å². The smallest absolute Gasteiger partial charge is 0.238 e. The molecule has 1 N–H and O–H groups in total. The number of rotatable bonds is 6. The Morgan fingerprint density at radius 1 is 1.33 bits per heavy atom. The van der Waals surface area contributed by atoms with Crippen molar-refractivity contribution in [3.8, 4) is 5.75 Å². The highest BCUT2D eigenvalue weighted by Crippen LogP contribution is 2.32. The molecule has 1 aromatic heterocycles. The standard InChI is InChI=1S/C21H26ClIN2O4S/c1-13-17-12-16(29-2)8-9-19(17)25(21(27)14-4-6-15(22)7-5-14)18(13)10-11-20(26)24-30(3,23)28/h4,6,8-9,12,14-15,30H,5,7,10-11H2,1-3H3,(H,24,26,28). The molecule has 0 saturated heterocycles. The van der Waals surface area contributed by atoms with Crippen molar-refractivity contribution in [1.82, 2.24) is 9.29 Å². The predicted molar refractivity (Wildman–Crippen MR) is 131 cm³/mol. The lowest BCUT2D eigenvalue weighted by Gasteiger charge is -2.20. The number of allylic oxidation sites excluding steroid dienone is 2. The predicted octanol–water partition coefficient (Wildman–Crippen LogP) is 4.13. The lowest BCUT2D eigenvalue weighted by molar-refractivity contribution is -0.119. The number of nitrogens with one attached hydrogen (secondary N) is 1. The van der Waals surface area contributed by atoms with Crippen LogP contribution >= 0.6 is 32.8 Å². The quantitative estimate of drug-likeness (QED) is 0.182. The first-order valence-electron chi connectivity index (χ1n) is 9.73. The average Bonchev–Trinajstić information content (AvgIpc) is 2.96. The van der Waals surface area contributed by atoms with Crippen LogP contribution in [0.2, 0.25) is 0 Å². The molecule has 2 atom stereocenters. The number of nitrogens with zero attached hydrogens (tertiary/aromatic N) is 1. The molecule has 0 radical (unpaired) electrons. The molecule has 1 aliphatic carbocycles. The first-order chi connectivity index (χ1) is 14.1. The van der Waals surface area contributed by atoms with Gasteiger partial charge in [-0.15, -0.1) is 11.6 Å². The fourth-order valence-electron chi connectivity index (χ4n) is 3.83. The van der Waals surface area contributed by atoms with E-state index in [1.54, 1.807) is 32.9 Å². The van der Waals surface area contributed by atoms with Gasteiger partial charge < -0.3 is 4.74 Å². The van der Waals surface area contributed by atoms with Crippen LogP contribution in [-0.2, 0) is 18.5 Å². The van der Waals surface area contributed by atoms with Gasteiger partial charge >= 0.3 is 0 Å². The third kappa shape index (κ3) is 5.26. The fraction of sp³-hybridized carbons (Fsp3) is 0.429. The van der Waals surface area contributed by atoms with Crippen LogP contribution < -0.4 is 9.46 Å². The number of fused-ring (bicyclic) bond motifs is 1. The number of methoxy groups -OCH3 is 1. The Morgan fingerprint density at radius 2 is 2.07 bits per heavy atom. The zero-order valence-corrected chi connectivity index (χ0v) is 21.0. The Labute approximate surface area is 194 Å². The second kappa shape index (κ2) is 9.40. The summed E-state index contributed by atoms with van der Waals surface area (Å²) in [6, 6.07) is 5.62. The van der Waals surface area contributed by atoms with Gasteiger partial charge in [-0.05, 0) is 49.9 Å². The van der Waals surface area contributed by atoms with Gasteiger partial charge in [-0.2, -0.15) is 0 Å². The van der Waals surface area contributed by atoms with Crippen LogP contribution in [0.15, 0.2) is 30.4 Å². The number of hydrogen-bond donors (Lipinski definition) is 2. The van der Waals surface area contributed by atoms with Gasteiger partial charge in [-0.1, -0.05) is 12.2 Å². The van der Waals surface area contributed by atoms with E-state index >= 15 is 0 Å². The van der Waals surface area contributed by atoms with Crippen LogP contribution in [0.3, 0.4) is 0 Å². The molecule has 2 aromatic rings. The molecule has 0 spiro atoms. The number of thiol groups is 1. The highest BCUT2D eigenvalue weighted by molar-refractivity contribution is 14.2. The number of halogens is 2. The maximum absolute atomic E-state index is 13.5. The summed E-state index contributed by atoms with van der Waals surface area (Å²) in [6.07, 6.45) is 7.21. The molecule has 0 saturated carbocycles. The summed E-state index contributed by atoms with van der Waals surface area (Å²) < 4.78 is 21.5. The van der Waals surface area contributed by atoms with E-state index in [1.807, 2.05) is 37.3 Å². The third-order valence-corrected chi connectivity index (χ3v) is 7.04. The van der Waals surface area contributed by atoms with E-state index in [0.29, 0.717) is 18.6 Å². The summed E-state index contributed by atoms with van der Waals surface area (Å²) in [4.78, 5) is 25.7. The molecular weight excluding hydrogens is 539 g/mol. The van der Waals surface area contributed by atoms with E-state index in [0.717, 1.165) is 28.6 Å². The van der Waals surface area contributed by atoms with Gasteiger partial charge in [0.05, 0.1) is 23.9 Å². The molecule has 3 rings (SSSR count). The maximum Gasteiger partial charge on any atom is 0.238 e. The summed E-state index contributed by atoms with van der Waals surface area (Å²) in [5.74, 6) is 0.135. The molecule has 0 fully saturated rings. The SMILES string of the molecule is COc1ccc2c(c1)c(C)c(CCC(=O)N[SH](C)(=O)I)n2C(=O)C1C=CC(Cl)CC1. The van der Waals surface area contributed by atoms with Crippen LogP contribution in [0.5, 0.6) is 5.75 Å². The number of hydrogen-bond acceptors (Lipinski definition) is 4. The number of amides is 1. The number of alkyl halides is 1.